The van der Waals surface area contributed by atoms with Crippen LogP contribution in [0.25, 0.3) is 0 Å². The van der Waals surface area contributed by atoms with Gasteiger partial charge in [0.1, 0.15) is 5.75 Å². The number of benzene rings is 1. The quantitative estimate of drug-likeness (QED) is 0.773. The number of rotatable bonds is 3. The fourth-order valence-electron chi connectivity index (χ4n) is 2.57. The molecule has 0 radical (unpaired) electrons. The predicted molar refractivity (Wildman–Crippen MR) is 66.8 cm³/mol. The van der Waals surface area contributed by atoms with E-state index in [1.54, 1.807) is 7.11 Å². The van der Waals surface area contributed by atoms with Gasteiger partial charge in [0, 0.05) is 6.04 Å². The lowest BCUT2D eigenvalue weighted by Crippen LogP contribution is -2.33. The lowest BCUT2D eigenvalue weighted by Gasteiger charge is -2.35. The number of nitrogens with zero attached hydrogens (tertiary/aromatic N) is 1. The summed E-state index contributed by atoms with van der Waals surface area (Å²) in [6, 6.07) is 9.16. The minimum Gasteiger partial charge on any atom is -0.497 e. The van der Waals surface area contributed by atoms with Crippen LogP contribution in [0.5, 0.6) is 5.75 Å². The van der Waals surface area contributed by atoms with E-state index in [-0.39, 0.29) is 0 Å². The van der Waals surface area contributed by atoms with Gasteiger partial charge in [-0.15, -0.1) is 0 Å². The molecule has 1 fully saturated rings. The van der Waals surface area contributed by atoms with Crippen molar-refractivity contribution in [2.45, 2.75) is 32.2 Å². The number of hydrogen-bond donors (Lipinski definition) is 0. The predicted octanol–water partition coefficient (Wildman–Crippen LogP) is 3.24. The largest absolute Gasteiger partial charge is 0.497 e. The Morgan fingerprint density at radius 2 is 2.00 bits per heavy atom. The molecule has 1 aromatic carbocycles. The van der Waals surface area contributed by atoms with Gasteiger partial charge < -0.3 is 4.74 Å². The molecule has 88 valence electrons. The maximum Gasteiger partial charge on any atom is 0.118 e. The highest BCUT2D eigenvalue weighted by molar-refractivity contribution is 5.29. The molecule has 1 aromatic rings. The van der Waals surface area contributed by atoms with E-state index in [1.807, 2.05) is 0 Å². The summed E-state index contributed by atoms with van der Waals surface area (Å²) < 4.78 is 5.20. The van der Waals surface area contributed by atoms with Crippen molar-refractivity contribution in [3.63, 3.8) is 0 Å². The smallest absolute Gasteiger partial charge is 0.118 e. The van der Waals surface area contributed by atoms with Crippen LogP contribution in [0.2, 0.25) is 0 Å². The second-order valence-corrected chi connectivity index (χ2v) is 4.41. The lowest BCUT2D eigenvalue weighted by molar-refractivity contribution is 0.157. The normalized spacial score (nSPS) is 22.0. The molecule has 16 heavy (non-hydrogen) atoms. The summed E-state index contributed by atoms with van der Waals surface area (Å²) in [5.41, 5.74) is 1.43. The summed E-state index contributed by atoms with van der Waals surface area (Å²) in [4.78, 5) is 2.57. The average Bonchev–Trinajstić information content (AvgIpc) is 2.39. The fourth-order valence-corrected chi connectivity index (χ4v) is 2.57. The molecule has 1 saturated heterocycles. The van der Waals surface area contributed by atoms with Crippen LogP contribution in [-0.2, 0) is 0 Å². The standard InChI is InChI=1S/C14H21NO/c1-3-15-11-5-4-6-14(15)12-7-9-13(16-2)10-8-12/h7-10,14H,3-6,11H2,1-2H3/t14-/m1/s1. The Balaban J connectivity index is 2.14. The zero-order chi connectivity index (χ0) is 11.4. The van der Waals surface area contributed by atoms with Crippen LogP contribution in [0.1, 0.15) is 37.8 Å². The summed E-state index contributed by atoms with van der Waals surface area (Å²) >= 11 is 0. The van der Waals surface area contributed by atoms with Crippen molar-refractivity contribution >= 4 is 0 Å². The number of likely N-dealkylation sites (tertiary alicyclic amines) is 1. The molecule has 1 aliphatic heterocycles. The first-order valence-electron chi connectivity index (χ1n) is 6.23. The van der Waals surface area contributed by atoms with Gasteiger partial charge in [-0.25, -0.2) is 0 Å². The van der Waals surface area contributed by atoms with Crippen LogP contribution in [-0.4, -0.2) is 25.1 Å². The Kier molecular flexibility index (Phi) is 3.83. The molecule has 0 unspecified atom stereocenters. The van der Waals surface area contributed by atoms with Gasteiger partial charge in [0.15, 0.2) is 0 Å². The van der Waals surface area contributed by atoms with Crippen molar-refractivity contribution in [3.05, 3.63) is 29.8 Å². The highest BCUT2D eigenvalue weighted by Crippen LogP contribution is 2.31. The molecule has 0 amide bonds. The summed E-state index contributed by atoms with van der Waals surface area (Å²) in [5, 5.41) is 0. The van der Waals surface area contributed by atoms with Gasteiger partial charge in [0.2, 0.25) is 0 Å². The molecule has 2 nitrogen and oxygen atoms in total. The molecular weight excluding hydrogens is 198 g/mol. The van der Waals surface area contributed by atoms with Gasteiger partial charge in [-0.05, 0) is 43.6 Å². The van der Waals surface area contributed by atoms with Gasteiger partial charge in [-0.2, -0.15) is 0 Å². The number of ether oxygens (including phenoxy) is 1. The third-order valence-electron chi connectivity index (χ3n) is 3.52. The van der Waals surface area contributed by atoms with Crippen molar-refractivity contribution < 1.29 is 4.74 Å². The van der Waals surface area contributed by atoms with Crippen LogP contribution in [0.3, 0.4) is 0 Å². The molecule has 0 bridgehead atoms. The molecule has 2 heteroatoms. The molecule has 2 rings (SSSR count). The van der Waals surface area contributed by atoms with Crippen molar-refractivity contribution in [1.82, 2.24) is 4.90 Å². The first-order chi connectivity index (χ1) is 7.85. The number of piperidine rings is 1. The van der Waals surface area contributed by atoms with Gasteiger partial charge in [-0.1, -0.05) is 25.5 Å². The van der Waals surface area contributed by atoms with E-state index < -0.39 is 0 Å². The highest BCUT2D eigenvalue weighted by Gasteiger charge is 2.22. The van der Waals surface area contributed by atoms with Crippen LogP contribution in [0.15, 0.2) is 24.3 Å². The van der Waals surface area contributed by atoms with E-state index >= 15 is 0 Å². The summed E-state index contributed by atoms with van der Waals surface area (Å²) in [5.74, 6) is 0.947. The molecule has 0 aliphatic carbocycles. The van der Waals surface area contributed by atoms with Crippen molar-refractivity contribution in [3.8, 4) is 5.75 Å². The molecule has 0 spiro atoms. The zero-order valence-corrected chi connectivity index (χ0v) is 10.3. The van der Waals surface area contributed by atoms with E-state index in [0.717, 1.165) is 12.3 Å². The van der Waals surface area contributed by atoms with Crippen molar-refractivity contribution in [2.75, 3.05) is 20.2 Å². The van der Waals surface area contributed by atoms with Crippen molar-refractivity contribution in [1.29, 1.82) is 0 Å². The van der Waals surface area contributed by atoms with Gasteiger partial charge >= 0.3 is 0 Å². The first kappa shape index (κ1) is 11.5. The lowest BCUT2D eigenvalue weighted by atomic mass is 9.95. The van der Waals surface area contributed by atoms with E-state index in [9.17, 15) is 0 Å². The van der Waals surface area contributed by atoms with E-state index in [1.165, 1.54) is 31.4 Å². The fraction of sp³-hybridized carbons (Fsp3) is 0.571. The molecule has 1 aliphatic rings. The van der Waals surface area contributed by atoms with E-state index in [0.29, 0.717) is 6.04 Å². The van der Waals surface area contributed by atoms with Crippen LogP contribution >= 0.6 is 0 Å². The van der Waals surface area contributed by atoms with Gasteiger partial charge in [0.25, 0.3) is 0 Å². The van der Waals surface area contributed by atoms with Crippen LogP contribution < -0.4 is 4.74 Å². The Bertz CT molecular complexity index is 320. The zero-order valence-electron chi connectivity index (χ0n) is 10.3. The molecule has 0 N–H and O–H groups in total. The average molecular weight is 219 g/mol. The van der Waals surface area contributed by atoms with Gasteiger partial charge in [-0.3, -0.25) is 4.90 Å². The van der Waals surface area contributed by atoms with Crippen LogP contribution in [0.4, 0.5) is 0 Å². The first-order valence-corrected chi connectivity index (χ1v) is 6.23. The summed E-state index contributed by atoms with van der Waals surface area (Å²) in [6.45, 7) is 4.64. The summed E-state index contributed by atoms with van der Waals surface area (Å²) in [7, 11) is 1.72. The Hall–Kier alpha value is -1.02. The molecule has 0 aromatic heterocycles. The second kappa shape index (κ2) is 5.35. The topological polar surface area (TPSA) is 12.5 Å². The summed E-state index contributed by atoms with van der Waals surface area (Å²) in [6.07, 6.45) is 3.99. The SMILES string of the molecule is CCN1CCCC[C@@H]1c1ccc(OC)cc1. The number of hydrogen-bond acceptors (Lipinski definition) is 2. The third kappa shape index (κ3) is 2.38. The Labute approximate surface area is 98.2 Å². The third-order valence-corrected chi connectivity index (χ3v) is 3.52. The molecule has 1 atom stereocenters. The minimum absolute atomic E-state index is 0.615. The molecule has 1 heterocycles. The Morgan fingerprint density at radius 3 is 2.62 bits per heavy atom. The molecule has 0 saturated carbocycles. The monoisotopic (exact) mass is 219 g/mol. The van der Waals surface area contributed by atoms with Gasteiger partial charge in [0.05, 0.1) is 7.11 Å². The Morgan fingerprint density at radius 1 is 1.25 bits per heavy atom. The van der Waals surface area contributed by atoms with Crippen LogP contribution in [0, 0.1) is 0 Å². The number of methoxy groups -OCH3 is 1. The maximum absolute atomic E-state index is 5.20. The second-order valence-electron chi connectivity index (χ2n) is 4.41. The molecular formula is C14H21NO. The van der Waals surface area contributed by atoms with E-state index in [2.05, 4.69) is 36.1 Å². The highest BCUT2D eigenvalue weighted by atomic mass is 16.5. The van der Waals surface area contributed by atoms with Crippen molar-refractivity contribution in [2.24, 2.45) is 0 Å². The van der Waals surface area contributed by atoms with E-state index in [4.69, 9.17) is 4.74 Å². The minimum atomic E-state index is 0.615. The maximum atomic E-state index is 5.20.